The van der Waals surface area contributed by atoms with Gasteiger partial charge in [0.15, 0.2) is 11.5 Å². The largest absolute Gasteiger partial charge is 0.478 e. The smallest absolute Gasteiger partial charge is 0.339 e. The molecule has 5 heterocycles. The molecule has 0 amide bonds. The highest BCUT2D eigenvalue weighted by Crippen LogP contribution is 2.42. The number of halogens is 2. The molecule has 0 unspecified atom stereocenters. The molecule has 37 heavy (non-hydrogen) atoms. The maximum atomic E-state index is 13.2. The maximum absolute atomic E-state index is 13.2. The number of nitrogens with one attached hydrogen (secondary N) is 1. The zero-order valence-corrected chi connectivity index (χ0v) is 20.9. The summed E-state index contributed by atoms with van der Waals surface area (Å²) in [4.78, 5) is 35.8. The van der Waals surface area contributed by atoms with Crippen LogP contribution in [0.25, 0.3) is 5.65 Å². The van der Waals surface area contributed by atoms with Gasteiger partial charge in [0.05, 0.1) is 16.1 Å². The summed E-state index contributed by atoms with van der Waals surface area (Å²) in [5, 5.41) is 13.2. The number of nitrogens with zero attached hydrogens (tertiary/aromatic N) is 4. The predicted octanol–water partition coefficient (Wildman–Crippen LogP) is 4.52. The second-order valence-electron chi connectivity index (χ2n) is 8.77. The van der Waals surface area contributed by atoms with Crippen molar-refractivity contribution in [2.45, 2.75) is 26.1 Å². The summed E-state index contributed by atoms with van der Waals surface area (Å²) in [7, 11) is 0. The number of anilines is 2. The Labute approximate surface area is 220 Å². The third kappa shape index (κ3) is 4.08. The van der Waals surface area contributed by atoms with Crippen LogP contribution in [0.3, 0.4) is 0 Å². The van der Waals surface area contributed by atoms with Gasteiger partial charge in [-0.3, -0.25) is 9.20 Å². The Morgan fingerprint density at radius 3 is 2.81 bits per heavy atom. The van der Waals surface area contributed by atoms with Gasteiger partial charge in [-0.1, -0.05) is 29.3 Å². The van der Waals surface area contributed by atoms with Crippen molar-refractivity contribution in [1.82, 2.24) is 14.4 Å². The minimum atomic E-state index is -1.17. The van der Waals surface area contributed by atoms with Crippen LogP contribution in [0, 0.1) is 0 Å². The van der Waals surface area contributed by atoms with Crippen molar-refractivity contribution in [3.63, 3.8) is 0 Å². The van der Waals surface area contributed by atoms with Crippen molar-refractivity contribution in [1.29, 1.82) is 0 Å². The lowest BCUT2D eigenvalue weighted by Crippen LogP contribution is -2.23. The fraction of sp³-hybridized carbons (Fsp3) is 0.200. The molecule has 3 aromatic heterocycles. The number of ether oxygens (including phenoxy) is 2. The molecule has 10 nitrogen and oxygen atoms in total. The number of aromatic carboxylic acids is 1. The lowest BCUT2D eigenvalue weighted by atomic mass is 10.1. The summed E-state index contributed by atoms with van der Waals surface area (Å²) in [5.41, 5.74) is 2.69. The standard InChI is InChI=1S/C25H19Cl2N5O5/c1-12(29-23-17(25(34)35)4-14(26)7-28-23)16-5-15(27)9-32-21(33)6-20(30-24(16)32)31-8-13-2-3-19-22(18(13)10-31)37-11-36-19/h2-7,9,12H,8,10-11H2,1H3,(H,28,29)(H,34,35)/t12-/m1/s1. The van der Waals surface area contributed by atoms with E-state index >= 15 is 0 Å². The summed E-state index contributed by atoms with van der Waals surface area (Å²) in [6.45, 7) is 3.06. The van der Waals surface area contributed by atoms with E-state index in [-0.39, 0.29) is 28.8 Å². The van der Waals surface area contributed by atoms with Gasteiger partial charge in [0.1, 0.15) is 22.8 Å². The van der Waals surface area contributed by atoms with Crippen LogP contribution in [0.4, 0.5) is 11.6 Å². The number of benzene rings is 1. The number of rotatable bonds is 5. The van der Waals surface area contributed by atoms with Crippen molar-refractivity contribution in [3.05, 3.63) is 85.4 Å². The van der Waals surface area contributed by atoms with E-state index in [0.717, 1.165) is 16.9 Å². The molecule has 1 atom stereocenters. The Bertz CT molecular complexity index is 1660. The van der Waals surface area contributed by atoms with Crippen molar-refractivity contribution in [2.24, 2.45) is 0 Å². The minimum absolute atomic E-state index is 0.0786. The Hall–Kier alpha value is -4.02. The van der Waals surface area contributed by atoms with E-state index in [2.05, 4.69) is 10.3 Å². The van der Waals surface area contributed by atoms with Crippen molar-refractivity contribution >= 4 is 46.5 Å². The van der Waals surface area contributed by atoms with E-state index in [1.54, 1.807) is 13.0 Å². The van der Waals surface area contributed by atoms with E-state index in [1.165, 1.54) is 28.9 Å². The van der Waals surface area contributed by atoms with Crippen molar-refractivity contribution in [2.75, 3.05) is 17.0 Å². The normalized spacial score (nSPS) is 14.6. The molecule has 1 aromatic carbocycles. The Balaban J connectivity index is 1.39. The highest BCUT2D eigenvalue weighted by Gasteiger charge is 2.29. The molecule has 2 N–H and O–H groups in total. The van der Waals surface area contributed by atoms with Crippen LogP contribution in [0.1, 0.15) is 40.0 Å². The first kappa shape index (κ1) is 23.4. The maximum Gasteiger partial charge on any atom is 0.339 e. The summed E-state index contributed by atoms with van der Waals surface area (Å²) >= 11 is 12.3. The minimum Gasteiger partial charge on any atom is -0.478 e. The fourth-order valence-electron chi connectivity index (χ4n) is 4.67. The zero-order chi connectivity index (χ0) is 25.8. The van der Waals surface area contributed by atoms with Crippen LogP contribution in [-0.4, -0.2) is 32.2 Å². The molecule has 0 saturated carbocycles. The molecule has 6 rings (SSSR count). The molecule has 4 aromatic rings. The molecule has 188 valence electrons. The van der Waals surface area contributed by atoms with Crippen LogP contribution in [0.15, 0.2) is 47.5 Å². The number of carboxylic acids is 1. The Kier molecular flexibility index (Phi) is 5.58. The number of aromatic nitrogens is 3. The molecule has 2 aliphatic heterocycles. The van der Waals surface area contributed by atoms with E-state index in [9.17, 15) is 14.7 Å². The molecule has 0 radical (unpaired) electrons. The summed E-state index contributed by atoms with van der Waals surface area (Å²) in [5.74, 6) is 0.896. The summed E-state index contributed by atoms with van der Waals surface area (Å²) in [6, 6.07) is 7.85. The first-order valence-corrected chi connectivity index (χ1v) is 12.1. The molecule has 12 heteroatoms. The van der Waals surface area contributed by atoms with Crippen LogP contribution in [0.2, 0.25) is 10.0 Å². The lowest BCUT2D eigenvalue weighted by molar-refractivity contribution is 0.0697. The van der Waals surface area contributed by atoms with Crippen LogP contribution in [-0.2, 0) is 13.1 Å². The topological polar surface area (TPSA) is 118 Å². The van der Waals surface area contributed by atoms with Gasteiger partial charge in [0.2, 0.25) is 6.79 Å². The molecular formula is C25H19Cl2N5O5. The highest BCUT2D eigenvalue weighted by molar-refractivity contribution is 6.31. The molecule has 0 fully saturated rings. The second kappa shape index (κ2) is 8.82. The number of hydrogen-bond acceptors (Lipinski definition) is 8. The van der Waals surface area contributed by atoms with Gasteiger partial charge in [-0.25, -0.2) is 14.8 Å². The molecule has 2 aliphatic rings. The van der Waals surface area contributed by atoms with Gasteiger partial charge in [0, 0.05) is 42.7 Å². The number of carboxylic acid groups (broad SMARTS) is 1. The van der Waals surface area contributed by atoms with Crippen LogP contribution in [0.5, 0.6) is 11.5 Å². The molecule has 0 spiro atoms. The lowest BCUT2D eigenvalue weighted by Gasteiger charge is -2.21. The van der Waals surface area contributed by atoms with Crippen LogP contribution >= 0.6 is 23.2 Å². The second-order valence-corrected chi connectivity index (χ2v) is 9.65. The van der Waals surface area contributed by atoms with Crippen molar-refractivity contribution < 1.29 is 19.4 Å². The third-order valence-electron chi connectivity index (χ3n) is 6.42. The molecule has 0 saturated heterocycles. The van der Waals surface area contributed by atoms with Gasteiger partial charge in [-0.2, -0.15) is 0 Å². The van der Waals surface area contributed by atoms with Gasteiger partial charge >= 0.3 is 5.97 Å². The quantitative estimate of drug-likeness (QED) is 0.377. The molecule has 0 bridgehead atoms. The van der Waals surface area contributed by atoms with Gasteiger partial charge in [-0.05, 0) is 30.7 Å². The van der Waals surface area contributed by atoms with E-state index < -0.39 is 12.0 Å². The van der Waals surface area contributed by atoms with Gasteiger partial charge in [-0.15, -0.1) is 0 Å². The number of pyridine rings is 2. The number of fused-ring (bicyclic) bond motifs is 4. The van der Waals surface area contributed by atoms with E-state index in [4.69, 9.17) is 37.7 Å². The third-order valence-corrected chi connectivity index (χ3v) is 6.83. The highest BCUT2D eigenvalue weighted by atomic mass is 35.5. The summed E-state index contributed by atoms with van der Waals surface area (Å²) in [6.07, 6.45) is 2.86. The van der Waals surface area contributed by atoms with E-state index in [1.807, 2.05) is 17.0 Å². The van der Waals surface area contributed by atoms with Gasteiger partial charge in [0.25, 0.3) is 5.56 Å². The predicted molar refractivity (Wildman–Crippen MR) is 137 cm³/mol. The number of carbonyl (C=O) groups is 1. The van der Waals surface area contributed by atoms with E-state index in [0.29, 0.717) is 40.9 Å². The zero-order valence-electron chi connectivity index (χ0n) is 19.4. The van der Waals surface area contributed by atoms with Crippen molar-refractivity contribution in [3.8, 4) is 11.5 Å². The average Bonchev–Trinajstić information content (AvgIpc) is 3.51. The first-order chi connectivity index (χ1) is 17.8. The summed E-state index contributed by atoms with van der Waals surface area (Å²) < 4.78 is 12.5. The Morgan fingerprint density at radius 2 is 2.00 bits per heavy atom. The monoisotopic (exact) mass is 539 g/mol. The SMILES string of the molecule is C[C@@H](Nc1ncc(Cl)cc1C(=O)O)c1cc(Cl)cn2c(=O)cc(N3Cc4ccc5c(c4C3)OCO5)nc12. The molecule has 0 aliphatic carbocycles. The average molecular weight is 540 g/mol. The first-order valence-electron chi connectivity index (χ1n) is 11.3. The Morgan fingerprint density at radius 1 is 1.16 bits per heavy atom. The molecular weight excluding hydrogens is 521 g/mol. The number of hydrogen-bond donors (Lipinski definition) is 2. The van der Waals surface area contributed by atoms with Crippen LogP contribution < -0.4 is 25.2 Å². The van der Waals surface area contributed by atoms with Gasteiger partial charge < -0.3 is 24.8 Å². The fourth-order valence-corrected chi connectivity index (χ4v) is 5.04.